The molecule has 0 spiro atoms. The molecule has 1 heterocycles. The van der Waals surface area contributed by atoms with Crippen LogP contribution in [0.3, 0.4) is 0 Å². The van der Waals surface area contributed by atoms with Gasteiger partial charge in [0.05, 0.1) is 12.1 Å². The average Bonchev–Trinajstić information content (AvgIpc) is 2.72. The first-order chi connectivity index (χ1) is 9.02. The number of aromatic nitrogens is 1. The van der Waals surface area contributed by atoms with Crippen LogP contribution in [0.4, 0.5) is 8.78 Å². The fourth-order valence-corrected chi connectivity index (χ4v) is 3.20. The number of thiazole rings is 1. The number of thioether (sulfide) groups is 1. The lowest BCUT2D eigenvalue weighted by atomic mass is 10.2. The molecule has 100 valence electrons. The van der Waals surface area contributed by atoms with E-state index in [9.17, 15) is 13.6 Å². The standard InChI is InChI=1S/C12H9F2NO2S2/c13-8-1-7(2-9(14)3-8)5-18-12-15-10(6-19-12)4-11(16)17/h1-3,6H,4-5H2,(H,16,17). The summed E-state index contributed by atoms with van der Waals surface area (Å²) < 4.78 is 26.6. The van der Waals surface area contributed by atoms with Gasteiger partial charge >= 0.3 is 5.97 Å². The molecule has 2 aromatic rings. The molecule has 0 saturated carbocycles. The van der Waals surface area contributed by atoms with Crippen molar-refractivity contribution in [3.05, 3.63) is 46.5 Å². The molecule has 1 aromatic carbocycles. The van der Waals surface area contributed by atoms with Gasteiger partial charge in [0.2, 0.25) is 0 Å². The summed E-state index contributed by atoms with van der Waals surface area (Å²) in [6.45, 7) is 0. The van der Waals surface area contributed by atoms with Crippen LogP contribution in [0.25, 0.3) is 0 Å². The molecule has 0 fully saturated rings. The monoisotopic (exact) mass is 301 g/mol. The van der Waals surface area contributed by atoms with Gasteiger partial charge in [0.25, 0.3) is 0 Å². The highest BCUT2D eigenvalue weighted by Crippen LogP contribution is 2.26. The summed E-state index contributed by atoms with van der Waals surface area (Å²) in [6, 6.07) is 3.35. The minimum Gasteiger partial charge on any atom is -0.481 e. The smallest absolute Gasteiger partial charge is 0.309 e. The lowest BCUT2D eigenvalue weighted by Crippen LogP contribution is -1.99. The highest BCUT2D eigenvalue weighted by atomic mass is 32.2. The van der Waals surface area contributed by atoms with Crippen molar-refractivity contribution in [2.45, 2.75) is 16.5 Å². The number of hydrogen-bond donors (Lipinski definition) is 1. The largest absolute Gasteiger partial charge is 0.481 e. The van der Waals surface area contributed by atoms with E-state index in [0.717, 1.165) is 6.07 Å². The molecule has 0 radical (unpaired) electrons. The molecule has 2 rings (SSSR count). The zero-order chi connectivity index (χ0) is 13.8. The Bertz CT molecular complexity index is 581. The molecule has 0 bridgehead atoms. The number of nitrogens with zero attached hydrogens (tertiary/aromatic N) is 1. The van der Waals surface area contributed by atoms with Crippen LogP contribution in [-0.2, 0) is 17.0 Å². The lowest BCUT2D eigenvalue weighted by molar-refractivity contribution is -0.136. The fourth-order valence-electron chi connectivity index (χ4n) is 1.43. The first kappa shape index (κ1) is 14.0. The second-order valence-electron chi connectivity index (χ2n) is 3.74. The van der Waals surface area contributed by atoms with E-state index < -0.39 is 17.6 Å². The molecule has 1 N–H and O–H groups in total. The molecule has 1 aromatic heterocycles. The summed E-state index contributed by atoms with van der Waals surface area (Å²) in [5.74, 6) is -1.77. The van der Waals surface area contributed by atoms with Crippen molar-refractivity contribution < 1.29 is 18.7 Å². The molecule has 3 nitrogen and oxygen atoms in total. The topological polar surface area (TPSA) is 50.2 Å². The van der Waals surface area contributed by atoms with Crippen LogP contribution < -0.4 is 0 Å². The molecule has 0 unspecified atom stereocenters. The van der Waals surface area contributed by atoms with Crippen molar-refractivity contribution in [3.8, 4) is 0 Å². The maximum atomic E-state index is 13.0. The van der Waals surface area contributed by atoms with Crippen LogP contribution in [0.5, 0.6) is 0 Å². The average molecular weight is 301 g/mol. The quantitative estimate of drug-likeness (QED) is 0.861. The Hall–Kier alpha value is -1.47. The van der Waals surface area contributed by atoms with Crippen LogP contribution in [0, 0.1) is 11.6 Å². The third-order valence-corrected chi connectivity index (χ3v) is 4.29. The van der Waals surface area contributed by atoms with Crippen molar-refractivity contribution in [1.82, 2.24) is 4.98 Å². The van der Waals surface area contributed by atoms with Gasteiger partial charge in [0, 0.05) is 17.2 Å². The molecule has 7 heteroatoms. The maximum Gasteiger partial charge on any atom is 0.309 e. The Labute approximate surface area is 116 Å². The summed E-state index contributed by atoms with van der Waals surface area (Å²) in [7, 11) is 0. The maximum absolute atomic E-state index is 13.0. The number of rotatable bonds is 5. The van der Waals surface area contributed by atoms with Gasteiger partial charge < -0.3 is 5.11 Å². The Morgan fingerprint density at radius 1 is 1.32 bits per heavy atom. The Morgan fingerprint density at radius 3 is 2.63 bits per heavy atom. The third kappa shape index (κ3) is 4.29. The van der Waals surface area contributed by atoms with Gasteiger partial charge in [-0.05, 0) is 17.7 Å². The fraction of sp³-hybridized carbons (Fsp3) is 0.167. The molecule has 0 saturated heterocycles. The van der Waals surface area contributed by atoms with Gasteiger partial charge in [0.15, 0.2) is 0 Å². The van der Waals surface area contributed by atoms with Crippen molar-refractivity contribution in [1.29, 1.82) is 0 Å². The molecule has 0 aliphatic rings. The van der Waals surface area contributed by atoms with Gasteiger partial charge in [-0.1, -0.05) is 11.8 Å². The minimum absolute atomic E-state index is 0.119. The van der Waals surface area contributed by atoms with Gasteiger partial charge in [-0.2, -0.15) is 0 Å². The van der Waals surface area contributed by atoms with Crippen LogP contribution in [0.2, 0.25) is 0 Å². The van der Waals surface area contributed by atoms with Gasteiger partial charge in [-0.3, -0.25) is 4.79 Å². The molecular weight excluding hydrogens is 292 g/mol. The molecule has 0 amide bonds. The van der Waals surface area contributed by atoms with Crippen LogP contribution in [-0.4, -0.2) is 16.1 Å². The normalized spacial score (nSPS) is 10.6. The van der Waals surface area contributed by atoms with E-state index in [0.29, 0.717) is 21.3 Å². The zero-order valence-electron chi connectivity index (χ0n) is 9.60. The van der Waals surface area contributed by atoms with E-state index in [1.807, 2.05) is 0 Å². The van der Waals surface area contributed by atoms with Crippen molar-refractivity contribution in [2.75, 3.05) is 0 Å². The third-order valence-electron chi connectivity index (χ3n) is 2.15. The Balaban J connectivity index is 1.98. The van der Waals surface area contributed by atoms with Gasteiger partial charge in [-0.25, -0.2) is 13.8 Å². The van der Waals surface area contributed by atoms with Crippen molar-refractivity contribution in [3.63, 3.8) is 0 Å². The van der Waals surface area contributed by atoms with E-state index in [1.54, 1.807) is 5.38 Å². The van der Waals surface area contributed by atoms with Crippen molar-refractivity contribution in [2.24, 2.45) is 0 Å². The number of hydrogen-bond acceptors (Lipinski definition) is 4. The SMILES string of the molecule is O=C(O)Cc1csc(SCc2cc(F)cc(F)c2)n1. The first-order valence-electron chi connectivity index (χ1n) is 5.27. The number of carboxylic acids is 1. The summed E-state index contributed by atoms with van der Waals surface area (Å²) in [5.41, 5.74) is 1.02. The number of carboxylic acid groups (broad SMARTS) is 1. The molecule has 19 heavy (non-hydrogen) atoms. The number of aliphatic carboxylic acids is 1. The molecular formula is C12H9F2NO2S2. The second kappa shape index (κ2) is 6.12. The number of benzene rings is 1. The van der Waals surface area contributed by atoms with Crippen LogP contribution in [0.15, 0.2) is 27.9 Å². The first-order valence-corrected chi connectivity index (χ1v) is 7.13. The predicted molar refractivity (Wildman–Crippen MR) is 69.4 cm³/mol. The van der Waals surface area contributed by atoms with E-state index in [4.69, 9.17) is 5.11 Å². The number of halogens is 2. The van der Waals surface area contributed by atoms with E-state index in [2.05, 4.69) is 4.98 Å². The van der Waals surface area contributed by atoms with E-state index in [1.165, 1.54) is 35.2 Å². The highest BCUT2D eigenvalue weighted by molar-refractivity contribution is 8.00. The summed E-state index contributed by atoms with van der Waals surface area (Å²) in [6.07, 6.45) is -0.119. The number of carbonyl (C=O) groups is 1. The molecule has 0 aliphatic carbocycles. The highest BCUT2D eigenvalue weighted by Gasteiger charge is 2.07. The van der Waals surface area contributed by atoms with Gasteiger partial charge in [-0.15, -0.1) is 11.3 Å². The predicted octanol–water partition coefficient (Wildman–Crippen LogP) is 3.34. The molecule has 0 aliphatic heterocycles. The Morgan fingerprint density at radius 2 is 2.00 bits per heavy atom. The molecule has 0 atom stereocenters. The van der Waals surface area contributed by atoms with Crippen LogP contribution in [0.1, 0.15) is 11.3 Å². The zero-order valence-corrected chi connectivity index (χ0v) is 11.2. The second-order valence-corrected chi connectivity index (χ2v) is 5.82. The lowest BCUT2D eigenvalue weighted by Gasteiger charge is -2.00. The van der Waals surface area contributed by atoms with Crippen LogP contribution >= 0.6 is 23.1 Å². The van der Waals surface area contributed by atoms with Crippen molar-refractivity contribution >= 4 is 29.1 Å². The summed E-state index contributed by atoms with van der Waals surface area (Å²) >= 11 is 2.64. The summed E-state index contributed by atoms with van der Waals surface area (Å²) in [4.78, 5) is 14.6. The summed E-state index contributed by atoms with van der Waals surface area (Å²) in [5, 5.41) is 10.3. The minimum atomic E-state index is -0.936. The van der Waals surface area contributed by atoms with E-state index >= 15 is 0 Å². The van der Waals surface area contributed by atoms with Gasteiger partial charge in [0.1, 0.15) is 16.0 Å². The Kier molecular flexibility index (Phi) is 4.49. The van der Waals surface area contributed by atoms with E-state index in [-0.39, 0.29) is 6.42 Å².